The van der Waals surface area contributed by atoms with E-state index in [4.69, 9.17) is 11.0 Å². The Morgan fingerprint density at radius 3 is 3.17 bits per heavy atom. The van der Waals surface area contributed by atoms with Crippen LogP contribution in [0.5, 0.6) is 0 Å². The van der Waals surface area contributed by atoms with Crippen molar-refractivity contribution in [2.75, 3.05) is 17.6 Å². The molecule has 1 aromatic rings. The Balaban J connectivity index is 2.85. The topological polar surface area (TPSA) is 74.7 Å². The van der Waals surface area contributed by atoms with Crippen LogP contribution in [0.2, 0.25) is 0 Å². The molecule has 5 heteroatoms. The number of aromatic nitrogens is 1. The van der Waals surface area contributed by atoms with Crippen LogP contribution in [-0.2, 0) is 0 Å². The van der Waals surface area contributed by atoms with Gasteiger partial charge in [0.05, 0.1) is 0 Å². The normalized spacial score (nSPS) is 8.92. The zero-order valence-electron chi connectivity index (χ0n) is 6.37. The number of rotatable bonds is 3. The Morgan fingerprint density at radius 1 is 1.83 bits per heavy atom. The first-order valence-electron chi connectivity index (χ1n) is 3.29. The molecule has 1 rings (SSSR count). The van der Waals surface area contributed by atoms with Gasteiger partial charge in [0.2, 0.25) is 0 Å². The quantitative estimate of drug-likeness (QED) is 0.685. The predicted octanol–water partition coefficient (Wildman–Crippen LogP) is 1.19. The lowest BCUT2D eigenvalue weighted by atomic mass is 10.3. The number of anilines is 2. The monoisotopic (exact) mass is 180 g/mol. The first-order chi connectivity index (χ1) is 5.79. The van der Waals surface area contributed by atoms with Crippen molar-refractivity contribution >= 4 is 22.4 Å². The SMILES string of the molecule is C=CCNc1snc(N)c1C#N. The molecule has 62 valence electrons. The number of hydrogen-bond acceptors (Lipinski definition) is 5. The fraction of sp³-hybridized carbons (Fsp3) is 0.143. The van der Waals surface area contributed by atoms with Gasteiger partial charge in [0, 0.05) is 6.54 Å². The lowest BCUT2D eigenvalue weighted by Crippen LogP contribution is -1.97. The standard InChI is InChI=1S/C7H8N4S/c1-2-3-10-7-5(4-8)6(9)11-12-7/h2,10H,1,3H2,(H2,9,11). The average Bonchev–Trinajstić information content (AvgIpc) is 2.43. The van der Waals surface area contributed by atoms with Crippen LogP contribution in [0.1, 0.15) is 5.56 Å². The maximum absolute atomic E-state index is 8.66. The molecule has 3 N–H and O–H groups in total. The van der Waals surface area contributed by atoms with E-state index in [2.05, 4.69) is 16.3 Å². The summed E-state index contributed by atoms with van der Waals surface area (Å²) in [5.41, 5.74) is 5.85. The van der Waals surface area contributed by atoms with E-state index in [1.54, 1.807) is 6.08 Å². The molecule has 0 unspecified atom stereocenters. The van der Waals surface area contributed by atoms with Crippen molar-refractivity contribution in [1.82, 2.24) is 4.37 Å². The summed E-state index contributed by atoms with van der Waals surface area (Å²) in [5, 5.41) is 12.3. The third-order valence-corrected chi connectivity index (χ3v) is 2.06. The van der Waals surface area contributed by atoms with Gasteiger partial charge in [0.25, 0.3) is 0 Å². The highest BCUT2D eigenvalue weighted by Gasteiger charge is 2.08. The van der Waals surface area contributed by atoms with Crippen molar-refractivity contribution in [1.29, 1.82) is 5.26 Å². The third-order valence-electron chi connectivity index (χ3n) is 1.24. The fourth-order valence-electron chi connectivity index (χ4n) is 0.696. The van der Waals surface area contributed by atoms with E-state index < -0.39 is 0 Å². The van der Waals surface area contributed by atoms with Crippen molar-refractivity contribution in [2.45, 2.75) is 0 Å². The molecule has 0 aromatic carbocycles. The molecule has 0 saturated heterocycles. The number of nitriles is 1. The van der Waals surface area contributed by atoms with Gasteiger partial charge < -0.3 is 11.1 Å². The van der Waals surface area contributed by atoms with Crippen LogP contribution in [0.3, 0.4) is 0 Å². The lowest BCUT2D eigenvalue weighted by molar-refractivity contribution is 1.36. The van der Waals surface area contributed by atoms with Crippen LogP contribution in [0, 0.1) is 11.3 Å². The van der Waals surface area contributed by atoms with Gasteiger partial charge in [-0.25, -0.2) is 0 Å². The summed E-state index contributed by atoms with van der Waals surface area (Å²) in [6, 6.07) is 1.98. The molecule has 0 atom stereocenters. The Morgan fingerprint density at radius 2 is 2.58 bits per heavy atom. The van der Waals surface area contributed by atoms with E-state index in [0.717, 1.165) is 0 Å². The molecular weight excluding hydrogens is 172 g/mol. The van der Waals surface area contributed by atoms with E-state index >= 15 is 0 Å². The van der Waals surface area contributed by atoms with Crippen LogP contribution < -0.4 is 11.1 Å². The number of nitrogen functional groups attached to an aromatic ring is 1. The van der Waals surface area contributed by atoms with Crippen molar-refractivity contribution < 1.29 is 0 Å². The second-order valence-electron chi connectivity index (χ2n) is 2.05. The maximum Gasteiger partial charge on any atom is 0.157 e. The molecular formula is C7H8N4S. The van der Waals surface area contributed by atoms with Crippen LogP contribution in [-0.4, -0.2) is 10.9 Å². The Hall–Kier alpha value is -1.54. The van der Waals surface area contributed by atoms with Crippen LogP contribution in [0.15, 0.2) is 12.7 Å². The highest BCUT2D eigenvalue weighted by molar-refractivity contribution is 7.10. The first-order valence-corrected chi connectivity index (χ1v) is 4.07. The van der Waals surface area contributed by atoms with Crippen LogP contribution in [0.4, 0.5) is 10.8 Å². The highest BCUT2D eigenvalue weighted by Crippen LogP contribution is 2.24. The molecule has 0 spiro atoms. The molecule has 0 amide bonds. The molecule has 0 bridgehead atoms. The van der Waals surface area contributed by atoms with E-state index in [-0.39, 0.29) is 5.82 Å². The third kappa shape index (κ3) is 1.54. The number of nitrogens with two attached hydrogens (primary N) is 1. The van der Waals surface area contributed by atoms with Crippen LogP contribution in [0.25, 0.3) is 0 Å². The minimum atomic E-state index is 0.286. The Labute approximate surface area is 74.5 Å². The van der Waals surface area contributed by atoms with Gasteiger partial charge in [-0.3, -0.25) is 0 Å². The smallest absolute Gasteiger partial charge is 0.157 e. The summed E-state index contributed by atoms with van der Waals surface area (Å²) in [5.74, 6) is 0.286. The molecule has 0 aliphatic rings. The minimum absolute atomic E-state index is 0.286. The molecule has 0 aliphatic carbocycles. The molecule has 4 nitrogen and oxygen atoms in total. The molecule has 0 fully saturated rings. The summed E-state index contributed by atoms with van der Waals surface area (Å²) in [7, 11) is 0. The summed E-state index contributed by atoms with van der Waals surface area (Å²) >= 11 is 1.18. The Bertz CT molecular complexity index is 323. The first kappa shape index (κ1) is 8.56. The fourth-order valence-corrected chi connectivity index (χ4v) is 1.37. The second-order valence-corrected chi connectivity index (χ2v) is 2.83. The largest absolute Gasteiger partial charge is 0.382 e. The van der Waals surface area contributed by atoms with Gasteiger partial charge in [-0.1, -0.05) is 6.08 Å². The highest BCUT2D eigenvalue weighted by atomic mass is 32.1. The van der Waals surface area contributed by atoms with Gasteiger partial charge >= 0.3 is 0 Å². The molecule has 12 heavy (non-hydrogen) atoms. The average molecular weight is 180 g/mol. The number of nitrogens with one attached hydrogen (secondary N) is 1. The number of hydrogen-bond donors (Lipinski definition) is 2. The lowest BCUT2D eigenvalue weighted by Gasteiger charge is -1.96. The summed E-state index contributed by atoms with van der Waals surface area (Å²) < 4.78 is 3.84. The summed E-state index contributed by atoms with van der Waals surface area (Å²) in [6.07, 6.45) is 1.71. The zero-order chi connectivity index (χ0) is 8.97. The predicted molar refractivity (Wildman–Crippen MR) is 49.9 cm³/mol. The second kappa shape index (κ2) is 3.74. The van der Waals surface area contributed by atoms with E-state index in [1.165, 1.54) is 11.5 Å². The molecule has 1 heterocycles. The van der Waals surface area contributed by atoms with E-state index in [1.807, 2.05) is 6.07 Å². The molecule has 1 aromatic heterocycles. The summed E-state index contributed by atoms with van der Waals surface area (Å²) in [4.78, 5) is 0. The van der Waals surface area contributed by atoms with Gasteiger partial charge in [0.15, 0.2) is 5.82 Å². The molecule has 0 aliphatic heterocycles. The summed E-state index contributed by atoms with van der Waals surface area (Å²) in [6.45, 7) is 4.15. The maximum atomic E-state index is 8.66. The zero-order valence-corrected chi connectivity index (χ0v) is 7.19. The van der Waals surface area contributed by atoms with Crippen molar-refractivity contribution in [2.24, 2.45) is 0 Å². The van der Waals surface area contributed by atoms with Gasteiger partial charge in [0.1, 0.15) is 16.6 Å². The molecule has 0 radical (unpaired) electrons. The van der Waals surface area contributed by atoms with Gasteiger partial charge in [-0.2, -0.15) is 9.64 Å². The van der Waals surface area contributed by atoms with E-state index in [9.17, 15) is 0 Å². The van der Waals surface area contributed by atoms with Crippen molar-refractivity contribution in [3.8, 4) is 6.07 Å². The van der Waals surface area contributed by atoms with E-state index in [0.29, 0.717) is 17.1 Å². The van der Waals surface area contributed by atoms with Gasteiger partial charge in [-0.05, 0) is 11.5 Å². The number of nitrogens with zero attached hydrogens (tertiary/aromatic N) is 2. The Kier molecular flexibility index (Phi) is 2.66. The van der Waals surface area contributed by atoms with Crippen molar-refractivity contribution in [3.05, 3.63) is 18.2 Å². The minimum Gasteiger partial charge on any atom is -0.382 e. The molecule has 0 saturated carbocycles. The van der Waals surface area contributed by atoms with Crippen LogP contribution >= 0.6 is 11.5 Å². The van der Waals surface area contributed by atoms with Gasteiger partial charge in [-0.15, -0.1) is 6.58 Å². The van der Waals surface area contributed by atoms with Crippen molar-refractivity contribution in [3.63, 3.8) is 0 Å².